The lowest BCUT2D eigenvalue weighted by molar-refractivity contribution is -0.120. The Morgan fingerprint density at radius 2 is 1.82 bits per heavy atom. The van der Waals surface area contributed by atoms with Gasteiger partial charge in [-0.2, -0.15) is 0 Å². The third kappa shape index (κ3) is 5.39. The minimum Gasteiger partial charge on any atom is -0.347 e. The fraction of sp³-hybridized carbons (Fsp3) is 0.429. The lowest BCUT2D eigenvalue weighted by Gasteiger charge is -2.22. The number of carbonyl (C=O) groups is 1. The van der Waals surface area contributed by atoms with Gasteiger partial charge < -0.3 is 5.32 Å². The molecule has 150 valence electrons. The molecule has 0 spiro atoms. The number of aromatic nitrogens is 1. The highest BCUT2D eigenvalue weighted by molar-refractivity contribution is 7.89. The molecule has 1 atom stereocenters. The molecule has 6 nitrogen and oxygen atoms in total. The van der Waals surface area contributed by atoms with Gasteiger partial charge in [0.05, 0.1) is 23.2 Å². The smallest absolute Gasteiger partial charge is 0.241 e. The van der Waals surface area contributed by atoms with Crippen molar-refractivity contribution in [2.45, 2.75) is 55.9 Å². The molecule has 2 aromatic rings. The highest BCUT2D eigenvalue weighted by Crippen LogP contribution is 2.32. The van der Waals surface area contributed by atoms with E-state index in [9.17, 15) is 13.2 Å². The van der Waals surface area contributed by atoms with Gasteiger partial charge in [-0.15, -0.1) is 0 Å². The van der Waals surface area contributed by atoms with Crippen molar-refractivity contribution in [2.24, 2.45) is 0 Å². The van der Waals surface area contributed by atoms with E-state index < -0.39 is 15.9 Å². The Labute approximate surface area is 166 Å². The third-order valence-electron chi connectivity index (χ3n) is 5.20. The molecule has 7 heteroatoms. The van der Waals surface area contributed by atoms with Crippen LogP contribution < -0.4 is 10.0 Å². The van der Waals surface area contributed by atoms with Gasteiger partial charge in [0, 0.05) is 6.20 Å². The maximum atomic E-state index is 12.5. The molecule has 1 aromatic heterocycles. The van der Waals surface area contributed by atoms with E-state index in [4.69, 9.17) is 0 Å². The summed E-state index contributed by atoms with van der Waals surface area (Å²) in [6.45, 7) is 1.49. The molecule has 1 amide bonds. The fourth-order valence-electron chi connectivity index (χ4n) is 3.60. The number of amides is 1. The molecular weight excluding hydrogens is 374 g/mol. The van der Waals surface area contributed by atoms with Gasteiger partial charge in [-0.25, -0.2) is 13.1 Å². The zero-order chi connectivity index (χ0) is 20.0. The van der Waals surface area contributed by atoms with Gasteiger partial charge in [0.1, 0.15) is 0 Å². The average molecular weight is 402 g/mol. The molecule has 1 saturated carbocycles. The van der Waals surface area contributed by atoms with E-state index in [2.05, 4.69) is 15.0 Å². The number of hydrogen-bond acceptors (Lipinski definition) is 4. The number of carbonyl (C=O) groups excluding carboxylic acids is 1. The Morgan fingerprint density at radius 3 is 2.46 bits per heavy atom. The van der Waals surface area contributed by atoms with Crippen LogP contribution in [0.4, 0.5) is 0 Å². The summed E-state index contributed by atoms with van der Waals surface area (Å²) in [5.41, 5.74) is 1.91. The van der Waals surface area contributed by atoms with Gasteiger partial charge >= 0.3 is 0 Å². The minimum atomic E-state index is -3.73. The summed E-state index contributed by atoms with van der Waals surface area (Å²) >= 11 is 0. The number of rotatable bonds is 7. The van der Waals surface area contributed by atoms with Crippen LogP contribution in [0.25, 0.3) is 0 Å². The predicted octanol–water partition coefficient (Wildman–Crippen LogP) is 3.29. The third-order valence-corrected chi connectivity index (χ3v) is 6.62. The molecule has 1 aliphatic rings. The van der Waals surface area contributed by atoms with E-state index in [0.29, 0.717) is 5.92 Å². The zero-order valence-electron chi connectivity index (χ0n) is 16.1. The summed E-state index contributed by atoms with van der Waals surface area (Å²) < 4.78 is 27.3. The number of hydrogen-bond donors (Lipinski definition) is 2. The van der Waals surface area contributed by atoms with Gasteiger partial charge in [0.15, 0.2) is 0 Å². The molecule has 2 N–H and O–H groups in total. The van der Waals surface area contributed by atoms with Crippen molar-refractivity contribution in [1.29, 1.82) is 0 Å². The molecule has 0 bridgehead atoms. The minimum absolute atomic E-state index is 0.178. The first kappa shape index (κ1) is 20.5. The van der Waals surface area contributed by atoms with Gasteiger partial charge in [-0.05, 0) is 55.5 Å². The maximum absolute atomic E-state index is 12.5. The Morgan fingerprint density at radius 1 is 1.11 bits per heavy atom. The first-order valence-corrected chi connectivity index (χ1v) is 11.2. The molecule has 3 rings (SSSR count). The van der Waals surface area contributed by atoms with Crippen molar-refractivity contribution in [3.05, 3.63) is 59.9 Å². The summed E-state index contributed by atoms with van der Waals surface area (Å²) in [6, 6.07) is 12.2. The molecule has 28 heavy (non-hydrogen) atoms. The van der Waals surface area contributed by atoms with Crippen LogP contribution in [0.1, 0.15) is 62.2 Å². The predicted molar refractivity (Wildman–Crippen MR) is 108 cm³/mol. The zero-order valence-corrected chi connectivity index (χ0v) is 16.9. The van der Waals surface area contributed by atoms with Crippen LogP contribution in [0, 0.1) is 0 Å². The highest BCUT2D eigenvalue weighted by Gasteiger charge is 2.19. The SMILES string of the molecule is C[C@@H](NC(=O)CNS(=O)(=O)c1ccc(C2CCCCC2)cc1)c1ccccn1. The molecule has 1 aliphatic carbocycles. The summed E-state index contributed by atoms with van der Waals surface area (Å²) in [7, 11) is -3.73. The van der Waals surface area contributed by atoms with Gasteiger partial charge in [-0.1, -0.05) is 37.5 Å². The van der Waals surface area contributed by atoms with Crippen LogP contribution in [-0.2, 0) is 14.8 Å². The van der Waals surface area contributed by atoms with Crippen LogP contribution >= 0.6 is 0 Å². The van der Waals surface area contributed by atoms with E-state index in [1.54, 1.807) is 31.3 Å². The van der Waals surface area contributed by atoms with Crippen LogP contribution in [0.5, 0.6) is 0 Å². The molecule has 1 heterocycles. The fourth-order valence-corrected chi connectivity index (χ4v) is 4.58. The van der Waals surface area contributed by atoms with Crippen molar-refractivity contribution < 1.29 is 13.2 Å². The Balaban J connectivity index is 1.55. The van der Waals surface area contributed by atoms with Gasteiger partial charge in [0.25, 0.3) is 0 Å². The molecule has 0 aliphatic heterocycles. The van der Waals surface area contributed by atoms with Crippen LogP contribution in [0.15, 0.2) is 53.6 Å². The lowest BCUT2D eigenvalue weighted by atomic mass is 9.84. The van der Waals surface area contributed by atoms with E-state index in [1.807, 2.05) is 24.3 Å². The summed E-state index contributed by atoms with van der Waals surface area (Å²) in [4.78, 5) is 16.5. The van der Waals surface area contributed by atoms with E-state index in [-0.39, 0.29) is 17.5 Å². The van der Waals surface area contributed by atoms with Crippen molar-refractivity contribution in [3.63, 3.8) is 0 Å². The number of nitrogens with zero attached hydrogens (tertiary/aromatic N) is 1. The van der Waals surface area contributed by atoms with E-state index >= 15 is 0 Å². The normalized spacial score (nSPS) is 16.5. The second kappa shape index (κ2) is 9.30. The molecule has 1 aromatic carbocycles. The molecular formula is C21H27N3O3S. The van der Waals surface area contributed by atoms with Crippen LogP contribution in [0.3, 0.4) is 0 Å². The lowest BCUT2D eigenvalue weighted by Crippen LogP contribution is -2.38. The van der Waals surface area contributed by atoms with Crippen molar-refractivity contribution in [3.8, 4) is 0 Å². The number of sulfonamides is 1. The second-order valence-electron chi connectivity index (χ2n) is 7.27. The highest BCUT2D eigenvalue weighted by atomic mass is 32.2. The van der Waals surface area contributed by atoms with E-state index in [1.165, 1.54) is 37.7 Å². The Kier molecular flexibility index (Phi) is 6.80. The molecule has 0 saturated heterocycles. The van der Waals surface area contributed by atoms with Gasteiger partial charge in [-0.3, -0.25) is 9.78 Å². The monoisotopic (exact) mass is 401 g/mol. The second-order valence-corrected chi connectivity index (χ2v) is 9.04. The molecule has 1 fully saturated rings. The molecule has 0 radical (unpaired) electrons. The maximum Gasteiger partial charge on any atom is 0.241 e. The largest absolute Gasteiger partial charge is 0.347 e. The quantitative estimate of drug-likeness (QED) is 0.745. The topological polar surface area (TPSA) is 88.2 Å². The van der Waals surface area contributed by atoms with Crippen LogP contribution in [-0.4, -0.2) is 25.9 Å². The average Bonchev–Trinajstić information content (AvgIpc) is 2.74. The molecule has 0 unspecified atom stereocenters. The van der Waals surface area contributed by atoms with Crippen LogP contribution in [0.2, 0.25) is 0 Å². The number of pyridine rings is 1. The Bertz CT molecular complexity index is 877. The summed E-state index contributed by atoms with van der Waals surface area (Å²) in [6.07, 6.45) is 7.74. The van der Waals surface area contributed by atoms with Crippen molar-refractivity contribution in [2.75, 3.05) is 6.54 Å². The first-order chi connectivity index (χ1) is 13.5. The summed E-state index contributed by atoms with van der Waals surface area (Å²) in [5, 5.41) is 2.74. The van der Waals surface area contributed by atoms with Crippen molar-refractivity contribution in [1.82, 2.24) is 15.0 Å². The van der Waals surface area contributed by atoms with Crippen molar-refractivity contribution >= 4 is 15.9 Å². The van der Waals surface area contributed by atoms with E-state index in [0.717, 1.165) is 5.69 Å². The standard InChI is InChI=1S/C21H27N3O3S/c1-16(20-9-5-6-14-22-20)24-21(25)15-23-28(26,27)19-12-10-18(11-13-19)17-7-3-2-4-8-17/h5-6,9-14,16-17,23H,2-4,7-8,15H2,1H3,(H,24,25)/t16-/m1/s1. The number of nitrogens with one attached hydrogen (secondary N) is 2. The Hall–Kier alpha value is -2.25. The number of benzene rings is 1. The first-order valence-electron chi connectivity index (χ1n) is 9.75. The van der Waals surface area contributed by atoms with Gasteiger partial charge in [0.2, 0.25) is 15.9 Å². The summed E-state index contributed by atoms with van der Waals surface area (Å²) in [5.74, 6) is 0.123.